The van der Waals surface area contributed by atoms with Crippen molar-refractivity contribution in [1.82, 2.24) is 10.3 Å². The average molecular weight is 206 g/mol. The van der Waals surface area contributed by atoms with Crippen molar-refractivity contribution in [2.24, 2.45) is 5.92 Å². The van der Waals surface area contributed by atoms with Gasteiger partial charge in [-0.05, 0) is 43.0 Å². The Morgan fingerprint density at radius 1 is 1.20 bits per heavy atom. The number of rotatable bonds is 6. The van der Waals surface area contributed by atoms with E-state index < -0.39 is 0 Å². The van der Waals surface area contributed by atoms with Gasteiger partial charge in [-0.15, -0.1) is 0 Å². The van der Waals surface area contributed by atoms with Crippen LogP contribution in [0.15, 0.2) is 24.5 Å². The maximum Gasteiger partial charge on any atom is 0.0270 e. The number of nitrogens with zero attached hydrogens (tertiary/aromatic N) is 1. The van der Waals surface area contributed by atoms with E-state index in [1.807, 2.05) is 12.4 Å². The molecular weight excluding hydrogens is 184 g/mol. The molecule has 0 aliphatic rings. The van der Waals surface area contributed by atoms with Crippen LogP contribution in [0.25, 0.3) is 0 Å². The van der Waals surface area contributed by atoms with Crippen molar-refractivity contribution < 1.29 is 0 Å². The van der Waals surface area contributed by atoms with Crippen LogP contribution in [-0.4, -0.2) is 17.6 Å². The van der Waals surface area contributed by atoms with E-state index in [1.165, 1.54) is 12.0 Å². The van der Waals surface area contributed by atoms with E-state index in [-0.39, 0.29) is 0 Å². The van der Waals surface area contributed by atoms with Crippen molar-refractivity contribution in [3.8, 4) is 0 Å². The van der Waals surface area contributed by atoms with E-state index in [1.54, 1.807) is 0 Å². The van der Waals surface area contributed by atoms with Crippen LogP contribution >= 0.6 is 0 Å². The highest BCUT2D eigenvalue weighted by Crippen LogP contribution is 2.08. The Kier molecular flexibility index (Phi) is 5.33. The molecule has 15 heavy (non-hydrogen) atoms. The molecule has 0 radical (unpaired) electrons. The molecule has 1 heterocycles. The molecule has 0 saturated heterocycles. The minimum absolute atomic E-state index is 0.591. The minimum atomic E-state index is 0.591. The van der Waals surface area contributed by atoms with E-state index in [0.717, 1.165) is 18.9 Å². The molecule has 1 atom stereocenters. The second-order valence-corrected chi connectivity index (χ2v) is 4.56. The number of nitrogens with one attached hydrogen (secondary N) is 1. The molecule has 0 spiro atoms. The van der Waals surface area contributed by atoms with Gasteiger partial charge in [0.15, 0.2) is 0 Å². The summed E-state index contributed by atoms with van der Waals surface area (Å²) in [5, 5.41) is 3.47. The van der Waals surface area contributed by atoms with Gasteiger partial charge in [0, 0.05) is 18.4 Å². The predicted molar refractivity (Wildman–Crippen MR) is 64.9 cm³/mol. The van der Waals surface area contributed by atoms with Gasteiger partial charge in [0.2, 0.25) is 0 Å². The number of hydrogen-bond acceptors (Lipinski definition) is 2. The third-order valence-electron chi connectivity index (χ3n) is 2.55. The lowest BCUT2D eigenvalue weighted by molar-refractivity contribution is 0.454. The highest BCUT2D eigenvalue weighted by Gasteiger charge is 2.03. The Balaban J connectivity index is 2.19. The Hall–Kier alpha value is -0.890. The maximum atomic E-state index is 4.02. The standard InChI is InChI=1S/C13H22N2/c1-11(2)15-10-12(3)4-5-13-6-8-14-9-7-13/h6-9,11-12,15H,4-5,10H2,1-3H3. The third-order valence-corrected chi connectivity index (χ3v) is 2.55. The largest absolute Gasteiger partial charge is 0.314 e. The molecule has 0 aliphatic carbocycles. The highest BCUT2D eigenvalue weighted by atomic mass is 14.9. The van der Waals surface area contributed by atoms with Crippen LogP contribution in [0.2, 0.25) is 0 Å². The van der Waals surface area contributed by atoms with Gasteiger partial charge in [-0.3, -0.25) is 4.98 Å². The number of pyridine rings is 1. The summed E-state index contributed by atoms with van der Waals surface area (Å²) >= 11 is 0. The Morgan fingerprint density at radius 3 is 2.47 bits per heavy atom. The van der Waals surface area contributed by atoms with Crippen LogP contribution in [0.5, 0.6) is 0 Å². The summed E-state index contributed by atoms with van der Waals surface area (Å²) in [6, 6.07) is 4.79. The van der Waals surface area contributed by atoms with Gasteiger partial charge in [0.05, 0.1) is 0 Å². The fourth-order valence-electron chi connectivity index (χ4n) is 1.50. The summed E-state index contributed by atoms with van der Waals surface area (Å²) in [7, 11) is 0. The zero-order chi connectivity index (χ0) is 11.1. The van der Waals surface area contributed by atoms with Crippen LogP contribution in [-0.2, 0) is 6.42 Å². The van der Waals surface area contributed by atoms with Gasteiger partial charge in [-0.25, -0.2) is 0 Å². The first kappa shape index (κ1) is 12.2. The number of hydrogen-bond donors (Lipinski definition) is 1. The molecule has 84 valence electrons. The molecule has 0 aromatic carbocycles. The first-order chi connectivity index (χ1) is 7.18. The smallest absolute Gasteiger partial charge is 0.0270 e. The molecule has 0 amide bonds. The van der Waals surface area contributed by atoms with Gasteiger partial charge in [-0.1, -0.05) is 20.8 Å². The second kappa shape index (κ2) is 6.57. The van der Waals surface area contributed by atoms with Crippen molar-refractivity contribution in [1.29, 1.82) is 0 Å². The maximum absolute atomic E-state index is 4.02. The van der Waals surface area contributed by atoms with Crippen molar-refractivity contribution >= 4 is 0 Å². The number of aromatic nitrogens is 1. The van der Waals surface area contributed by atoms with Gasteiger partial charge in [-0.2, -0.15) is 0 Å². The molecule has 0 aliphatic heterocycles. The van der Waals surface area contributed by atoms with Crippen molar-refractivity contribution in [2.75, 3.05) is 6.54 Å². The van der Waals surface area contributed by atoms with Crippen LogP contribution < -0.4 is 5.32 Å². The van der Waals surface area contributed by atoms with E-state index >= 15 is 0 Å². The van der Waals surface area contributed by atoms with E-state index in [0.29, 0.717) is 6.04 Å². The molecule has 1 unspecified atom stereocenters. The Morgan fingerprint density at radius 2 is 1.87 bits per heavy atom. The minimum Gasteiger partial charge on any atom is -0.314 e. The van der Waals surface area contributed by atoms with Gasteiger partial charge < -0.3 is 5.32 Å². The Labute approximate surface area is 93.1 Å². The van der Waals surface area contributed by atoms with Crippen LogP contribution in [0.1, 0.15) is 32.8 Å². The summed E-state index contributed by atoms with van der Waals surface area (Å²) in [4.78, 5) is 4.02. The molecule has 0 bridgehead atoms. The lowest BCUT2D eigenvalue weighted by atomic mass is 10.0. The summed E-state index contributed by atoms with van der Waals surface area (Å²) in [5.41, 5.74) is 1.39. The van der Waals surface area contributed by atoms with E-state index in [2.05, 4.69) is 43.2 Å². The third kappa shape index (κ3) is 5.53. The summed E-state index contributed by atoms with van der Waals surface area (Å²) in [6.45, 7) is 7.80. The first-order valence-electron chi connectivity index (χ1n) is 5.80. The summed E-state index contributed by atoms with van der Waals surface area (Å²) < 4.78 is 0. The molecule has 1 aromatic rings. The molecule has 1 rings (SSSR count). The van der Waals surface area contributed by atoms with Gasteiger partial charge in [0.1, 0.15) is 0 Å². The first-order valence-corrected chi connectivity index (χ1v) is 5.80. The molecule has 2 heteroatoms. The van der Waals surface area contributed by atoms with E-state index in [9.17, 15) is 0 Å². The predicted octanol–water partition coefficient (Wildman–Crippen LogP) is 2.65. The molecular formula is C13H22N2. The van der Waals surface area contributed by atoms with Gasteiger partial charge in [0.25, 0.3) is 0 Å². The lowest BCUT2D eigenvalue weighted by Crippen LogP contribution is -2.28. The van der Waals surface area contributed by atoms with Crippen LogP contribution in [0, 0.1) is 5.92 Å². The molecule has 0 fully saturated rings. The summed E-state index contributed by atoms with van der Waals surface area (Å²) in [6.07, 6.45) is 6.13. The van der Waals surface area contributed by atoms with E-state index in [4.69, 9.17) is 0 Å². The van der Waals surface area contributed by atoms with Crippen molar-refractivity contribution in [3.63, 3.8) is 0 Å². The average Bonchev–Trinajstić information content (AvgIpc) is 2.25. The second-order valence-electron chi connectivity index (χ2n) is 4.56. The van der Waals surface area contributed by atoms with Crippen LogP contribution in [0.3, 0.4) is 0 Å². The normalized spacial score (nSPS) is 13.1. The van der Waals surface area contributed by atoms with Crippen molar-refractivity contribution in [2.45, 2.75) is 39.7 Å². The SMILES string of the molecule is CC(CCc1ccncc1)CNC(C)C. The highest BCUT2D eigenvalue weighted by molar-refractivity contribution is 5.09. The fraction of sp³-hybridized carbons (Fsp3) is 0.615. The molecule has 0 saturated carbocycles. The molecule has 1 N–H and O–H groups in total. The molecule has 2 nitrogen and oxygen atoms in total. The van der Waals surface area contributed by atoms with Crippen LogP contribution in [0.4, 0.5) is 0 Å². The van der Waals surface area contributed by atoms with Gasteiger partial charge >= 0.3 is 0 Å². The zero-order valence-corrected chi connectivity index (χ0v) is 10.0. The van der Waals surface area contributed by atoms with Crippen molar-refractivity contribution in [3.05, 3.63) is 30.1 Å². The number of aryl methyl sites for hydroxylation is 1. The Bertz CT molecular complexity index is 256. The monoisotopic (exact) mass is 206 g/mol. The zero-order valence-electron chi connectivity index (χ0n) is 10.0. The quantitative estimate of drug-likeness (QED) is 0.774. The lowest BCUT2D eigenvalue weighted by Gasteiger charge is -2.14. The topological polar surface area (TPSA) is 24.9 Å². The summed E-state index contributed by atoms with van der Waals surface area (Å²) in [5.74, 6) is 0.737. The fourth-order valence-corrected chi connectivity index (χ4v) is 1.50. The molecule has 1 aromatic heterocycles.